The van der Waals surface area contributed by atoms with Crippen molar-refractivity contribution in [3.05, 3.63) is 0 Å². The van der Waals surface area contributed by atoms with Crippen LogP contribution >= 0.6 is 0 Å². The number of likely N-dealkylation sites (tertiary alicyclic amines) is 1. The summed E-state index contributed by atoms with van der Waals surface area (Å²) in [5.41, 5.74) is 0. The molecular formula is C9H19NO. The molecule has 0 saturated carbocycles. The van der Waals surface area contributed by atoms with E-state index in [2.05, 4.69) is 11.8 Å². The summed E-state index contributed by atoms with van der Waals surface area (Å²) in [7, 11) is 0. The lowest BCUT2D eigenvalue weighted by atomic mass is 10.1. The van der Waals surface area contributed by atoms with E-state index in [1.165, 1.54) is 32.5 Å². The van der Waals surface area contributed by atoms with Gasteiger partial charge in [0, 0.05) is 13.2 Å². The summed E-state index contributed by atoms with van der Waals surface area (Å²) in [5.74, 6) is 0.770. The first kappa shape index (κ1) is 9.01. The molecule has 1 unspecified atom stereocenters. The van der Waals surface area contributed by atoms with Crippen molar-refractivity contribution in [2.75, 3.05) is 26.2 Å². The Hall–Kier alpha value is -0.0800. The maximum atomic E-state index is 8.72. The molecule has 0 aromatic carbocycles. The summed E-state index contributed by atoms with van der Waals surface area (Å²) < 4.78 is 0. The van der Waals surface area contributed by atoms with Crippen molar-refractivity contribution in [3.63, 3.8) is 0 Å². The van der Waals surface area contributed by atoms with Crippen LogP contribution in [0.2, 0.25) is 0 Å². The fourth-order valence-corrected chi connectivity index (χ4v) is 1.85. The molecule has 0 radical (unpaired) electrons. The van der Waals surface area contributed by atoms with Crippen LogP contribution in [0.3, 0.4) is 0 Å². The molecule has 0 aromatic rings. The standard InChI is InChI=1S/C9H19NO/c1-2-5-10-6-3-9(8-10)4-7-11/h9,11H,2-8H2,1H3. The molecule has 0 bridgehead atoms. The van der Waals surface area contributed by atoms with Gasteiger partial charge in [-0.1, -0.05) is 6.92 Å². The topological polar surface area (TPSA) is 23.5 Å². The first-order valence-electron chi connectivity index (χ1n) is 4.70. The van der Waals surface area contributed by atoms with Crippen LogP contribution in [-0.2, 0) is 0 Å². The van der Waals surface area contributed by atoms with Crippen molar-refractivity contribution in [2.24, 2.45) is 5.92 Å². The van der Waals surface area contributed by atoms with E-state index in [1.54, 1.807) is 0 Å². The molecule has 2 nitrogen and oxygen atoms in total. The van der Waals surface area contributed by atoms with Crippen molar-refractivity contribution < 1.29 is 5.11 Å². The summed E-state index contributed by atoms with van der Waals surface area (Å²) in [5, 5.41) is 8.72. The van der Waals surface area contributed by atoms with Gasteiger partial charge in [0.1, 0.15) is 0 Å². The monoisotopic (exact) mass is 157 g/mol. The fourth-order valence-electron chi connectivity index (χ4n) is 1.85. The van der Waals surface area contributed by atoms with E-state index in [0.29, 0.717) is 6.61 Å². The quantitative estimate of drug-likeness (QED) is 0.660. The molecule has 1 aliphatic heterocycles. The van der Waals surface area contributed by atoms with Crippen LogP contribution in [0.4, 0.5) is 0 Å². The van der Waals surface area contributed by atoms with Crippen LogP contribution < -0.4 is 0 Å². The molecule has 1 fully saturated rings. The van der Waals surface area contributed by atoms with Crippen LogP contribution in [0.1, 0.15) is 26.2 Å². The van der Waals surface area contributed by atoms with Gasteiger partial charge in [-0.15, -0.1) is 0 Å². The lowest BCUT2D eigenvalue weighted by Crippen LogP contribution is -2.21. The van der Waals surface area contributed by atoms with E-state index in [4.69, 9.17) is 5.11 Å². The Bertz CT molecular complexity index is 93.7. The first-order chi connectivity index (χ1) is 5.36. The Morgan fingerprint density at radius 2 is 2.36 bits per heavy atom. The molecule has 2 heteroatoms. The van der Waals surface area contributed by atoms with Crippen LogP contribution in [-0.4, -0.2) is 36.2 Å². The molecule has 0 amide bonds. The average molecular weight is 157 g/mol. The van der Waals surface area contributed by atoms with E-state index < -0.39 is 0 Å². The van der Waals surface area contributed by atoms with E-state index in [1.807, 2.05) is 0 Å². The molecule has 0 aliphatic carbocycles. The maximum Gasteiger partial charge on any atom is 0.0434 e. The Balaban J connectivity index is 2.12. The zero-order chi connectivity index (χ0) is 8.10. The molecule has 0 aromatic heterocycles. The molecule has 66 valence electrons. The minimum Gasteiger partial charge on any atom is -0.396 e. The van der Waals surface area contributed by atoms with Crippen LogP contribution in [0.5, 0.6) is 0 Å². The van der Waals surface area contributed by atoms with Gasteiger partial charge >= 0.3 is 0 Å². The molecule has 11 heavy (non-hydrogen) atoms. The molecule has 1 atom stereocenters. The smallest absolute Gasteiger partial charge is 0.0434 e. The van der Waals surface area contributed by atoms with Gasteiger partial charge in [-0.3, -0.25) is 0 Å². The number of hydrogen-bond donors (Lipinski definition) is 1. The predicted octanol–water partition coefficient (Wildman–Crippen LogP) is 1.10. The highest BCUT2D eigenvalue weighted by molar-refractivity contribution is 4.74. The van der Waals surface area contributed by atoms with Gasteiger partial charge in [0.2, 0.25) is 0 Å². The van der Waals surface area contributed by atoms with E-state index in [-0.39, 0.29) is 0 Å². The molecule has 0 spiro atoms. The summed E-state index contributed by atoms with van der Waals surface area (Å²) in [6, 6.07) is 0. The zero-order valence-electron chi connectivity index (χ0n) is 7.42. The fraction of sp³-hybridized carbons (Fsp3) is 1.00. The maximum absolute atomic E-state index is 8.72. The molecule has 1 heterocycles. The van der Waals surface area contributed by atoms with Gasteiger partial charge in [0.05, 0.1) is 0 Å². The second kappa shape index (κ2) is 4.73. The lowest BCUT2D eigenvalue weighted by molar-refractivity contribution is 0.251. The third-order valence-electron chi connectivity index (χ3n) is 2.45. The Labute approximate surface area is 69.2 Å². The SMILES string of the molecule is CCCN1CCC(CCO)C1. The van der Waals surface area contributed by atoms with Crippen molar-refractivity contribution >= 4 is 0 Å². The van der Waals surface area contributed by atoms with Crippen molar-refractivity contribution in [1.82, 2.24) is 4.90 Å². The number of hydrogen-bond acceptors (Lipinski definition) is 2. The molecule has 1 N–H and O–H groups in total. The molecule has 1 aliphatic rings. The van der Waals surface area contributed by atoms with E-state index >= 15 is 0 Å². The normalized spacial score (nSPS) is 26.2. The van der Waals surface area contributed by atoms with Gasteiger partial charge in [0.25, 0.3) is 0 Å². The number of rotatable bonds is 4. The summed E-state index contributed by atoms with van der Waals surface area (Å²) in [4.78, 5) is 2.50. The Morgan fingerprint density at radius 1 is 1.55 bits per heavy atom. The summed E-state index contributed by atoms with van der Waals surface area (Å²) >= 11 is 0. The zero-order valence-corrected chi connectivity index (χ0v) is 7.42. The Morgan fingerprint density at radius 3 is 3.00 bits per heavy atom. The average Bonchev–Trinajstić information content (AvgIpc) is 2.38. The second-order valence-corrected chi connectivity index (χ2v) is 3.47. The van der Waals surface area contributed by atoms with E-state index in [0.717, 1.165) is 12.3 Å². The predicted molar refractivity (Wildman–Crippen MR) is 46.5 cm³/mol. The van der Waals surface area contributed by atoms with E-state index in [9.17, 15) is 0 Å². The minimum atomic E-state index is 0.366. The van der Waals surface area contributed by atoms with Crippen molar-refractivity contribution in [2.45, 2.75) is 26.2 Å². The Kier molecular flexibility index (Phi) is 3.87. The molecule has 1 saturated heterocycles. The van der Waals surface area contributed by atoms with Crippen LogP contribution in [0.25, 0.3) is 0 Å². The first-order valence-corrected chi connectivity index (χ1v) is 4.70. The summed E-state index contributed by atoms with van der Waals surface area (Å²) in [6.45, 7) is 6.29. The number of nitrogens with zero attached hydrogens (tertiary/aromatic N) is 1. The highest BCUT2D eigenvalue weighted by Gasteiger charge is 2.20. The number of aliphatic hydroxyl groups is 1. The van der Waals surface area contributed by atoms with Crippen molar-refractivity contribution in [3.8, 4) is 0 Å². The highest BCUT2D eigenvalue weighted by Crippen LogP contribution is 2.18. The van der Waals surface area contributed by atoms with Gasteiger partial charge in [-0.25, -0.2) is 0 Å². The third-order valence-corrected chi connectivity index (χ3v) is 2.45. The van der Waals surface area contributed by atoms with Crippen LogP contribution in [0.15, 0.2) is 0 Å². The van der Waals surface area contributed by atoms with Gasteiger partial charge in [0.15, 0.2) is 0 Å². The second-order valence-electron chi connectivity index (χ2n) is 3.47. The number of aliphatic hydroxyl groups excluding tert-OH is 1. The molecular weight excluding hydrogens is 138 g/mol. The van der Waals surface area contributed by atoms with Gasteiger partial charge in [-0.2, -0.15) is 0 Å². The van der Waals surface area contributed by atoms with Crippen molar-refractivity contribution in [1.29, 1.82) is 0 Å². The minimum absolute atomic E-state index is 0.366. The largest absolute Gasteiger partial charge is 0.396 e. The highest BCUT2D eigenvalue weighted by atomic mass is 16.3. The lowest BCUT2D eigenvalue weighted by Gasteiger charge is -2.13. The third kappa shape index (κ3) is 2.80. The van der Waals surface area contributed by atoms with Gasteiger partial charge < -0.3 is 10.0 Å². The molecule has 1 rings (SSSR count). The van der Waals surface area contributed by atoms with Crippen LogP contribution in [0, 0.1) is 5.92 Å². The summed E-state index contributed by atoms with van der Waals surface area (Å²) in [6.07, 6.45) is 3.55. The van der Waals surface area contributed by atoms with Gasteiger partial charge in [-0.05, 0) is 38.3 Å².